The van der Waals surface area contributed by atoms with Gasteiger partial charge in [-0.05, 0) is 30.7 Å². The molecule has 0 spiro atoms. The molecule has 0 aromatic heterocycles. The lowest BCUT2D eigenvalue weighted by Crippen LogP contribution is -2.25. The Bertz CT molecular complexity index is 423. The number of amides is 1. The first kappa shape index (κ1) is 13.0. The van der Waals surface area contributed by atoms with E-state index in [0.717, 1.165) is 5.56 Å². The largest absolute Gasteiger partial charge is 0.461 e. The topological polar surface area (TPSA) is 95.4 Å². The fraction of sp³-hybridized carbons (Fsp3) is 0.333. The van der Waals surface area contributed by atoms with Crippen molar-refractivity contribution in [1.82, 2.24) is 0 Å². The normalized spacial score (nSPS) is 11.9. The zero-order valence-electron chi connectivity index (χ0n) is 9.90. The molecule has 1 atom stereocenters. The summed E-state index contributed by atoms with van der Waals surface area (Å²) in [6.45, 7) is 3.40. The zero-order valence-corrected chi connectivity index (χ0v) is 9.90. The number of rotatable bonds is 4. The second kappa shape index (κ2) is 5.34. The number of aryl methyl sites for hydroxylation is 1. The number of benzene rings is 1. The molecule has 1 rings (SSSR count). The van der Waals surface area contributed by atoms with Gasteiger partial charge in [-0.2, -0.15) is 0 Å². The molecule has 0 saturated heterocycles. The number of primary amides is 1. The minimum Gasteiger partial charge on any atom is -0.461 e. The average Bonchev–Trinajstić information content (AvgIpc) is 2.23. The van der Waals surface area contributed by atoms with E-state index in [-0.39, 0.29) is 6.61 Å². The second-order valence-electron chi connectivity index (χ2n) is 4.03. The summed E-state index contributed by atoms with van der Waals surface area (Å²) >= 11 is 0. The number of hydrogen-bond acceptors (Lipinski definition) is 4. The van der Waals surface area contributed by atoms with Gasteiger partial charge in [0.15, 0.2) is 0 Å². The van der Waals surface area contributed by atoms with Crippen LogP contribution in [-0.4, -0.2) is 18.5 Å². The van der Waals surface area contributed by atoms with Crippen LogP contribution in [0.25, 0.3) is 0 Å². The molecule has 1 unspecified atom stereocenters. The molecular formula is C12H16N2O3. The van der Waals surface area contributed by atoms with Gasteiger partial charge in [-0.25, -0.2) is 4.79 Å². The van der Waals surface area contributed by atoms with E-state index in [2.05, 4.69) is 0 Å². The molecule has 92 valence electrons. The standard InChI is InChI=1S/C12H16N2O3/c1-7-3-9(5-10(13)4-7)12(16)17-6-8(2)11(14)15/h3-5,8H,6,13H2,1-2H3,(H2,14,15). The highest BCUT2D eigenvalue weighted by Gasteiger charge is 2.13. The van der Waals surface area contributed by atoms with E-state index >= 15 is 0 Å². The van der Waals surface area contributed by atoms with Crippen molar-refractivity contribution in [1.29, 1.82) is 0 Å². The number of nitrogens with two attached hydrogens (primary N) is 2. The van der Waals surface area contributed by atoms with Crippen molar-refractivity contribution in [2.45, 2.75) is 13.8 Å². The van der Waals surface area contributed by atoms with Gasteiger partial charge in [0.1, 0.15) is 6.61 Å². The maximum absolute atomic E-state index is 11.6. The highest BCUT2D eigenvalue weighted by atomic mass is 16.5. The molecule has 0 fully saturated rings. The minimum atomic E-state index is -0.506. The van der Waals surface area contributed by atoms with E-state index in [1.807, 2.05) is 6.92 Å². The van der Waals surface area contributed by atoms with Crippen LogP contribution in [0.2, 0.25) is 0 Å². The number of ether oxygens (including phenoxy) is 1. The molecule has 1 aromatic rings. The van der Waals surface area contributed by atoms with Crippen LogP contribution in [0.1, 0.15) is 22.8 Å². The quantitative estimate of drug-likeness (QED) is 0.598. The Morgan fingerprint density at radius 1 is 1.35 bits per heavy atom. The molecular weight excluding hydrogens is 220 g/mol. The highest BCUT2D eigenvalue weighted by Crippen LogP contribution is 2.12. The van der Waals surface area contributed by atoms with Crippen LogP contribution in [0, 0.1) is 12.8 Å². The van der Waals surface area contributed by atoms with Gasteiger partial charge in [-0.1, -0.05) is 6.92 Å². The van der Waals surface area contributed by atoms with Gasteiger partial charge in [0.05, 0.1) is 11.5 Å². The van der Waals surface area contributed by atoms with Crippen LogP contribution in [0.3, 0.4) is 0 Å². The molecule has 0 radical (unpaired) electrons. The van der Waals surface area contributed by atoms with Crippen LogP contribution in [0.15, 0.2) is 18.2 Å². The SMILES string of the molecule is Cc1cc(N)cc(C(=O)OCC(C)C(N)=O)c1. The van der Waals surface area contributed by atoms with Gasteiger partial charge in [0, 0.05) is 5.69 Å². The Balaban J connectivity index is 2.67. The first-order valence-corrected chi connectivity index (χ1v) is 5.23. The lowest BCUT2D eigenvalue weighted by Gasteiger charge is -2.09. The highest BCUT2D eigenvalue weighted by molar-refractivity contribution is 5.91. The molecule has 1 aromatic carbocycles. The van der Waals surface area contributed by atoms with Crippen molar-refractivity contribution in [2.24, 2.45) is 11.7 Å². The summed E-state index contributed by atoms with van der Waals surface area (Å²) in [4.78, 5) is 22.4. The fourth-order valence-corrected chi connectivity index (χ4v) is 1.30. The number of anilines is 1. The van der Waals surface area contributed by atoms with Gasteiger partial charge in [0.2, 0.25) is 5.91 Å². The maximum atomic E-state index is 11.6. The Morgan fingerprint density at radius 3 is 2.53 bits per heavy atom. The Labute approximate surface area is 99.7 Å². The van der Waals surface area contributed by atoms with E-state index < -0.39 is 17.8 Å². The molecule has 0 saturated carbocycles. The Hall–Kier alpha value is -2.04. The first-order valence-electron chi connectivity index (χ1n) is 5.23. The third-order valence-corrected chi connectivity index (χ3v) is 2.29. The van der Waals surface area contributed by atoms with Gasteiger partial charge >= 0.3 is 5.97 Å². The van der Waals surface area contributed by atoms with E-state index in [9.17, 15) is 9.59 Å². The van der Waals surface area contributed by atoms with Crippen molar-refractivity contribution >= 4 is 17.6 Å². The summed E-state index contributed by atoms with van der Waals surface area (Å²) in [6, 6.07) is 4.96. The van der Waals surface area contributed by atoms with E-state index in [4.69, 9.17) is 16.2 Å². The monoisotopic (exact) mass is 236 g/mol. The summed E-state index contributed by atoms with van der Waals surface area (Å²) in [7, 11) is 0. The molecule has 0 aliphatic rings. The third-order valence-electron chi connectivity index (χ3n) is 2.29. The molecule has 0 aliphatic heterocycles. The average molecular weight is 236 g/mol. The number of esters is 1. The lowest BCUT2D eigenvalue weighted by atomic mass is 10.1. The molecule has 5 heteroatoms. The van der Waals surface area contributed by atoms with Crippen molar-refractivity contribution in [3.63, 3.8) is 0 Å². The van der Waals surface area contributed by atoms with E-state index in [1.54, 1.807) is 19.1 Å². The molecule has 0 bridgehead atoms. The molecule has 0 aliphatic carbocycles. The van der Waals surface area contributed by atoms with E-state index in [1.165, 1.54) is 6.07 Å². The summed E-state index contributed by atoms with van der Waals surface area (Å²) in [5.74, 6) is -1.50. The Kier molecular flexibility index (Phi) is 4.09. The van der Waals surface area contributed by atoms with Gasteiger partial charge < -0.3 is 16.2 Å². The number of carbonyl (C=O) groups excluding carboxylic acids is 2. The molecule has 5 nitrogen and oxygen atoms in total. The summed E-state index contributed by atoms with van der Waals surface area (Å²) in [5, 5.41) is 0. The number of hydrogen-bond donors (Lipinski definition) is 2. The fourth-order valence-electron chi connectivity index (χ4n) is 1.30. The first-order chi connectivity index (χ1) is 7.90. The lowest BCUT2D eigenvalue weighted by molar-refractivity contribution is -0.122. The summed E-state index contributed by atoms with van der Waals surface area (Å²) in [6.07, 6.45) is 0. The van der Waals surface area contributed by atoms with Gasteiger partial charge in [-0.15, -0.1) is 0 Å². The third kappa shape index (κ3) is 3.79. The van der Waals surface area contributed by atoms with Crippen molar-refractivity contribution < 1.29 is 14.3 Å². The maximum Gasteiger partial charge on any atom is 0.338 e. The van der Waals surface area contributed by atoms with Crippen molar-refractivity contribution in [2.75, 3.05) is 12.3 Å². The number of carbonyl (C=O) groups is 2. The van der Waals surface area contributed by atoms with Crippen LogP contribution in [0.4, 0.5) is 5.69 Å². The predicted molar refractivity (Wildman–Crippen MR) is 64.2 cm³/mol. The molecule has 17 heavy (non-hydrogen) atoms. The minimum absolute atomic E-state index is 0.0258. The number of nitrogen functional groups attached to an aromatic ring is 1. The van der Waals surface area contributed by atoms with E-state index in [0.29, 0.717) is 11.3 Å². The summed E-state index contributed by atoms with van der Waals surface area (Å²) in [5.41, 5.74) is 12.4. The predicted octanol–water partition coefficient (Wildman–Crippen LogP) is 0.855. The Morgan fingerprint density at radius 2 is 2.00 bits per heavy atom. The smallest absolute Gasteiger partial charge is 0.338 e. The van der Waals surface area contributed by atoms with Gasteiger partial charge in [-0.3, -0.25) is 4.79 Å². The van der Waals surface area contributed by atoms with Crippen LogP contribution < -0.4 is 11.5 Å². The van der Waals surface area contributed by atoms with Crippen molar-refractivity contribution in [3.05, 3.63) is 29.3 Å². The van der Waals surface area contributed by atoms with Crippen LogP contribution >= 0.6 is 0 Å². The molecule has 4 N–H and O–H groups in total. The van der Waals surface area contributed by atoms with Crippen LogP contribution in [0.5, 0.6) is 0 Å². The molecule has 1 amide bonds. The van der Waals surface area contributed by atoms with Gasteiger partial charge in [0.25, 0.3) is 0 Å². The zero-order chi connectivity index (χ0) is 13.0. The molecule has 0 heterocycles. The second-order valence-corrected chi connectivity index (χ2v) is 4.03. The van der Waals surface area contributed by atoms with Crippen LogP contribution in [-0.2, 0) is 9.53 Å². The van der Waals surface area contributed by atoms with Crippen molar-refractivity contribution in [3.8, 4) is 0 Å². The summed E-state index contributed by atoms with van der Waals surface area (Å²) < 4.78 is 4.97.